The molecule has 6 nitrogen and oxygen atoms in total. The van der Waals surface area contributed by atoms with Crippen LogP contribution in [-0.2, 0) is 7.05 Å². The summed E-state index contributed by atoms with van der Waals surface area (Å²) in [6.07, 6.45) is 4.62. The lowest BCUT2D eigenvalue weighted by Crippen LogP contribution is -2.09. The van der Waals surface area contributed by atoms with Gasteiger partial charge in [-0.15, -0.1) is 0 Å². The summed E-state index contributed by atoms with van der Waals surface area (Å²) in [4.78, 5) is 11.9. The monoisotopic (exact) mass is 286 g/mol. The van der Waals surface area contributed by atoms with Crippen molar-refractivity contribution in [3.63, 3.8) is 0 Å². The molecule has 0 unspecified atom stereocenters. The number of nitrogens with zero attached hydrogens (tertiary/aromatic N) is 4. The Morgan fingerprint density at radius 2 is 2.00 bits per heavy atom. The molecule has 106 valence electrons. The van der Waals surface area contributed by atoms with Crippen LogP contribution in [0.3, 0.4) is 0 Å². The van der Waals surface area contributed by atoms with E-state index in [9.17, 15) is 9.18 Å². The molecule has 0 saturated carbocycles. The molecule has 0 saturated heterocycles. The number of esters is 1. The summed E-state index contributed by atoms with van der Waals surface area (Å²) < 4.78 is 21.0. The van der Waals surface area contributed by atoms with Crippen LogP contribution in [0.25, 0.3) is 5.69 Å². The van der Waals surface area contributed by atoms with Crippen LogP contribution in [0.1, 0.15) is 10.5 Å². The molecule has 0 atom stereocenters. The molecule has 0 N–H and O–H groups in total. The highest BCUT2D eigenvalue weighted by atomic mass is 19.1. The molecule has 0 spiro atoms. The van der Waals surface area contributed by atoms with E-state index in [0.29, 0.717) is 11.4 Å². The van der Waals surface area contributed by atoms with Crippen molar-refractivity contribution in [3.05, 3.63) is 60.4 Å². The van der Waals surface area contributed by atoms with Crippen LogP contribution in [0.4, 0.5) is 4.39 Å². The summed E-state index contributed by atoms with van der Waals surface area (Å²) in [7, 11) is 1.72. The van der Waals surface area contributed by atoms with Gasteiger partial charge in [0.1, 0.15) is 5.82 Å². The highest BCUT2D eigenvalue weighted by Gasteiger charge is 2.13. The second-order valence-electron chi connectivity index (χ2n) is 4.36. The number of rotatable bonds is 3. The van der Waals surface area contributed by atoms with Crippen molar-refractivity contribution in [1.29, 1.82) is 0 Å². The van der Waals surface area contributed by atoms with Crippen LogP contribution >= 0.6 is 0 Å². The third kappa shape index (κ3) is 2.81. The van der Waals surface area contributed by atoms with Gasteiger partial charge in [0.25, 0.3) is 0 Å². The van der Waals surface area contributed by atoms with Crippen molar-refractivity contribution < 1.29 is 13.9 Å². The Morgan fingerprint density at radius 1 is 1.24 bits per heavy atom. The number of ether oxygens (including phenoxy) is 1. The summed E-state index contributed by atoms with van der Waals surface area (Å²) in [5, 5.41) is 8.01. The largest absolute Gasteiger partial charge is 0.418 e. The van der Waals surface area contributed by atoms with Crippen molar-refractivity contribution in [1.82, 2.24) is 19.6 Å². The minimum Gasteiger partial charge on any atom is -0.418 e. The fourth-order valence-electron chi connectivity index (χ4n) is 1.78. The zero-order chi connectivity index (χ0) is 14.8. The molecule has 0 radical (unpaired) electrons. The zero-order valence-electron chi connectivity index (χ0n) is 11.1. The molecule has 3 rings (SSSR count). The van der Waals surface area contributed by atoms with Crippen LogP contribution in [-0.4, -0.2) is 25.5 Å². The molecule has 0 fully saturated rings. The van der Waals surface area contributed by atoms with E-state index in [2.05, 4.69) is 10.2 Å². The SMILES string of the molecule is Cn1cc(OC(=O)c2ccn(-c3ccc(F)cc3)n2)cn1. The average Bonchev–Trinajstić information content (AvgIpc) is 3.09. The molecule has 0 aliphatic carbocycles. The maximum atomic E-state index is 12.9. The first kappa shape index (κ1) is 13.0. The first-order chi connectivity index (χ1) is 10.1. The van der Waals surface area contributed by atoms with Crippen LogP contribution < -0.4 is 4.74 Å². The van der Waals surface area contributed by atoms with Gasteiger partial charge in [0.2, 0.25) is 0 Å². The number of carbonyl (C=O) groups is 1. The number of halogens is 1. The zero-order valence-corrected chi connectivity index (χ0v) is 11.1. The van der Waals surface area contributed by atoms with Gasteiger partial charge in [0, 0.05) is 13.2 Å². The molecule has 0 bridgehead atoms. The highest BCUT2D eigenvalue weighted by molar-refractivity contribution is 5.88. The molecular formula is C14H11FN4O2. The van der Waals surface area contributed by atoms with Gasteiger partial charge in [-0.3, -0.25) is 4.68 Å². The Kier molecular flexibility index (Phi) is 3.23. The third-order valence-electron chi connectivity index (χ3n) is 2.78. The molecule has 0 amide bonds. The quantitative estimate of drug-likeness (QED) is 0.691. The predicted molar refractivity (Wildman–Crippen MR) is 71.7 cm³/mol. The molecule has 2 aromatic heterocycles. The lowest BCUT2D eigenvalue weighted by atomic mass is 10.3. The van der Waals surface area contributed by atoms with Gasteiger partial charge in [-0.2, -0.15) is 10.2 Å². The van der Waals surface area contributed by atoms with Crippen molar-refractivity contribution >= 4 is 5.97 Å². The first-order valence-corrected chi connectivity index (χ1v) is 6.14. The normalized spacial score (nSPS) is 10.6. The number of aryl methyl sites for hydroxylation is 1. The highest BCUT2D eigenvalue weighted by Crippen LogP contribution is 2.12. The Hall–Kier alpha value is -2.96. The summed E-state index contributed by atoms with van der Waals surface area (Å²) in [5.41, 5.74) is 0.806. The molecule has 21 heavy (non-hydrogen) atoms. The van der Waals surface area contributed by atoms with Gasteiger partial charge in [0.15, 0.2) is 11.4 Å². The lowest BCUT2D eigenvalue weighted by Gasteiger charge is -2.00. The average molecular weight is 286 g/mol. The van der Waals surface area contributed by atoms with Crippen LogP contribution in [0.2, 0.25) is 0 Å². The molecule has 7 heteroatoms. The summed E-state index contributed by atoms with van der Waals surface area (Å²) in [5.74, 6) is -0.565. The topological polar surface area (TPSA) is 61.9 Å². The Morgan fingerprint density at radius 3 is 2.67 bits per heavy atom. The van der Waals surface area contributed by atoms with Crippen molar-refractivity contribution in [3.8, 4) is 11.4 Å². The minimum atomic E-state index is -0.580. The maximum absolute atomic E-state index is 12.9. The van der Waals surface area contributed by atoms with E-state index in [4.69, 9.17) is 4.74 Å². The number of benzene rings is 1. The van der Waals surface area contributed by atoms with Crippen LogP contribution in [0, 0.1) is 5.82 Å². The predicted octanol–water partition coefficient (Wildman–Crippen LogP) is 1.96. The fourth-order valence-corrected chi connectivity index (χ4v) is 1.78. The van der Waals surface area contributed by atoms with Gasteiger partial charge in [0.05, 0.1) is 18.1 Å². The molecule has 0 aliphatic rings. The van der Waals surface area contributed by atoms with E-state index >= 15 is 0 Å². The summed E-state index contributed by atoms with van der Waals surface area (Å²) >= 11 is 0. The first-order valence-electron chi connectivity index (χ1n) is 6.14. The van der Waals surface area contributed by atoms with Gasteiger partial charge in [-0.05, 0) is 30.3 Å². The van der Waals surface area contributed by atoms with Gasteiger partial charge >= 0.3 is 5.97 Å². The standard InChI is InChI=1S/C14H11FN4O2/c1-18-9-12(8-16-18)21-14(20)13-6-7-19(17-13)11-4-2-10(15)3-5-11/h2-9H,1H3. The van der Waals surface area contributed by atoms with E-state index in [1.54, 1.807) is 31.6 Å². The molecular weight excluding hydrogens is 275 g/mol. The number of aromatic nitrogens is 4. The molecule has 1 aromatic carbocycles. The number of carbonyl (C=O) groups excluding carboxylic acids is 1. The minimum absolute atomic E-state index is 0.156. The Bertz CT molecular complexity index is 776. The van der Waals surface area contributed by atoms with Crippen molar-refractivity contribution in [2.75, 3.05) is 0 Å². The Labute approximate surface area is 119 Å². The van der Waals surface area contributed by atoms with Crippen molar-refractivity contribution in [2.24, 2.45) is 7.05 Å². The van der Waals surface area contributed by atoms with E-state index < -0.39 is 5.97 Å². The van der Waals surface area contributed by atoms with E-state index in [0.717, 1.165) is 0 Å². The smallest absolute Gasteiger partial charge is 0.364 e. The van der Waals surface area contributed by atoms with Crippen LogP contribution in [0.15, 0.2) is 48.9 Å². The number of hydrogen-bond donors (Lipinski definition) is 0. The van der Waals surface area contributed by atoms with Crippen LogP contribution in [0.5, 0.6) is 5.75 Å². The summed E-state index contributed by atoms with van der Waals surface area (Å²) in [6.45, 7) is 0. The van der Waals surface area contributed by atoms with Gasteiger partial charge in [-0.25, -0.2) is 13.9 Å². The molecule has 3 aromatic rings. The van der Waals surface area contributed by atoms with E-state index in [1.165, 1.54) is 33.8 Å². The van der Waals surface area contributed by atoms with Gasteiger partial charge in [-0.1, -0.05) is 0 Å². The lowest BCUT2D eigenvalue weighted by molar-refractivity contribution is 0.0728. The second kappa shape index (κ2) is 5.20. The molecule has 0 aliphatic heterocycles. The van der Waals surface area contributed by atoms with E-state index in [-0.39, 0.29) is 11.5 Å². The van der Waals surface area contributed by atoms with E-state index in [1.807, 2.05) is 0 Å². The third-order valence-corrected chi connectivity index (χ3v) is 2.78. The summed E-state index contributed by atoms with van der Waals surface area (Å²) in [6, 6.07) is 7.31. The Balaban J connectivity index is 1.78. The van der Waals surface area contributed by atoms with Crippen molar-refractivity contribution in [2.45, 2.75) is 0 Å². The van der Waals surface area contributed by atoms with Gasteiger partial charge < -0.3 is 4.74 Å². The fraction of sp³-hybridized carbons (Fsp3) is 0.0714. The second-order valence-corrected chi connectivity index (χ2v) is 4.36. The molecule has 2 heterocycles. The maximum Gasteiger partial charge on any atom is 0.364 e. The number of hydrogen-bond acceptors (Lipinski definition) is 4.